The van der Waals surface area contributed by atoms with Crippen molar-refractivity contribution in [1.29, 1.82) is 0 Å². The highest BCUT2D eigenvalue weighted by molar-refractivity contribution is 7.85. The van der Waals surface area contributed by atoms with Gasteiger partial charge in [0.2, 0.25) is 0 Å². The van der Waals surface area contributed by atoms with E-state index in [1.165, 1.54) is 6.42 Å². The van der Waals surface area contributed by atoms with Gasteiger partial charge in [0.1, 0.15) is 0 Å². The van der Waals surface area contributed by atoms with Gasteiger partial charge in [0.05, 0.1) is 6.10 Å². The summed E-state index contributed by atoms with van der Waals surface area (Å²) in [6, 6.07) is 0.348. The van der Waals surface area contributed by atoms with Crippen molar-refractivity contribution in [2.45, 2.75) is 37.8 Å². The van der Waals surface area contributed by atoms with Gasteiger partial charge in [0.25, 0.3) is 0 Å². The minimum Gasteiger partial charge on any atom is -0.391 e. The van der Waals surface area contributed by atoms with Crippen LogP contribution in [0.5, 0.6) is 0 Å². The van der Waals surface area contributed by atoms with E-state index in [0.717, 1.165) is 43.9 Å². The molecular formula is C10H19NO2S. The normalized spacial score (nSPS) is 37.2. The molecule has 2 aliphatic rings. The van der Waals surface area contributed by atoms with Crippen molar-refractivity contribution in [3.63, 3.8) is 0 Å². The van der Waals surface area contributed by atoms with Gasteiger partial charge in [0, 0.05) is 41.4 Å². The maximum absolute atomic E-state index is 11.2. The highest BCUT2D eigenvalue weighted by atomic mass is 32.2. The Bertz CT molecular complexity index is 212. The zero-order valence-electron chi connectivity index (χ0n) is 8.52. The highest BCUT2D eigenvalue weighted by Crippen LogP contribution is 2.23. The summed E-state index contributed by atoms with van der Waals surface area (Å²) >= 11 is 0. The maximum Gasteiger partial charge on any atom is 0.0695 e. The molecule has 14 heavy (non-hydrogen) atoms. The Morgan fingerprint density at radius 3 is 2.43 bits per heavy atom. The topological polar surface area (TPSA) is 40.5 Å². The second-order valence-electron chi connectivity index (χ2n) is 4.30. The Hall–Kier alpha value is 0.0700. The summed E-state index contributed by atoms with van der Waals surface area (Å²) in [5.41, 5.74) is 0. The number of hydrogen-bond donors (Lipinski definition) is 1. The molecule has 1 saturated heterocycles. The minimum absolute atomic E-state index is 0.143. The molecule has 1 heterocycles. The molecule has 2 atom stereocenters. The van der Waals surface area contributed by atoms with E-state index in [-0.39, 0.29) is 6.10 Å². The number of hydrogen-bond acceptors (Lipinski definition) is 3. The summed E-state index contributed by atoms with van der Waals surface area (Å²) < 4.78 is 11.2. The predicted molar refractivity (Wildman–Crippen MR) is 57.7 cm³/mol. The number of rotatable bonds is 1. The van der Waals surface area contributed by atoms with E-state index in [0.29, 0.717) is 6.04 Å². The van der Waals surface area contributed by atoms with Crippen LogP contribution in [0.3, 0.4) is 0 Å². The van der Waals surface area contributed by atoms with Crippen LogP contribution >= 0.6 is 0 Å². The molecule has 2 rings (SSSR count). The molecule has 82 valence electrons. The van der Waals surface area contributed by atoms with Crippen molar-refractivity contribution in [3.05, 3.63) is 0 Å². The van der Waals surface area contributed by atoms with Crippen molar-refractivity contribution < 1.29 is 9.32 Å². The van der Waals surface area contributed by atoms with Crippen molar-refractivity contribution >= 4 is 10.8 Å². The third-order valence-corrected chi connectivity index (χ3v) is 4.65. The molecule has 1 aliphatic carbocycles. The second-order valence-corrected chi connectivity index (χ2v) is 6.00. The third-order valence-electron chi connectivity index (χ3n) is 3.38. The molecule has 1 saturated carbocycles. The third kappa shape index (κ3) is 2.35. The Balaban J connectivity index is 1.90. The first kappa shape index (κ1) is 10.6. The van der Waals surface area contributed by atoms with Crippen LogP contribution in [0, 0.1) is 0 Å². The van der Waals surface area contributed by atoms with E-state index in [9.17, 15) is 9.32 Å². The monoisotopic (exact) mass is 217 g/mol. The van der Waals surface area contributed by atoms with Crippen LogP contribution in [0.4, 0.5) is 0 Å². The standard InChI is InChI=1S/C10H19NO2S/c12-10-4-2-1-3-9(10)11-5-7-14(13)8-6-11/h9-10,12H,1-8H2. The van der Waals surface area contributed by atoms with Gasteiger partial charge in [-0.2, -0.15) is 0 Å². The molecule has 0 amide bonds. The van der Waals surface area contributed by atoms with Gasteiger partial charge in [-0.15, -0.1) is 0 Å². The first-order valence-electron chi connectivity index (χ1n) is 5.54. The summed E-state index contributed by atoms with van der Waals surface area (Å²) in [5.74, 6) is 1.59. The summed E-state index contributed by atoms with van der Waals surface area (Å²) in [5, 5.41) is 9.87. The molecule has 0 bridgehead atoms. The molecule has 2 unspecified atom stereocenters. The van der Waals surface area contributed by atoms with Gasteiger partial charge < -0.3 is 5.11 Å². The molecule has 0 aromatic heterocycles. The zero-order valence-corrected chi connectivity index (χ0v) is 9.34. The molecule has 3 nitrogen and oxygen atoms in total. The van der Waals surface area contributed by atoms with Gasteiger partial charge in [0.15, 0.2) is 0 Å². The van der Waals surface area contributed by atoms with E-state index in [1.54, 1.807) is 0 Å². The fourth-order valence-electron chi connectivity index (χ4n) is 2.50. The summed E-state index contributed by atoms with van der Waals surface area (Å²) in [4.78, 5) is 2.34. The van der Waals surface area contributed by atoms with Crippen molar-refractivity contribution in [1.82, 2.24) is 4.90 Å². The highest BCUT2D eigenvalue weighted by Gasteiger charge is 2.30. The maximum atomic E-state index is 11.2. The average Bonchev–Trinajstić information content (AvgIpc) is 2.20. The van der Waals surface area contributed by atoms with Crippen molar-refractivity contribution in [2.75, 3.05) is 24.6 Å². The van der Waals surface area contributed by atoms with Crippen LogP contribution < -0.4 is 0 Å². The Morgan fingerprint density at radius 2 is 1.79 bits per heavy atom. The Kier molecular flexibility index (Phi) is 3.57. The SMILES string of the molecule is O=S1CCN(C2CCCCC2O)CC1. The first-order chi connectivity index (χ1) is 6.77. The molecule has 4 heteroatoms. The van der Waals surface area contributed by atoms with E-state index in [4.69, 9.17) is 0 Å². The lowest BCUT2D eigenvalue weighted by Gasteiger charge is -2.39. The smallest absolute Gasteiger partial charge is 0.0695 e. The predicted octanol–water partition coefficient (Wildman–Crippen LogP) is 0.354. The van der Waals surface area contributed by atoms with Gasteiger partial charge in [-0.1, -0.05) is 12.8 Å². The number of aliphatic hydroxyl groups excluding tert-OH is 1. The molecule has 1 N–H and O–H groups in total. The lowest BCUT2D eigenvalue weighted by Crippen LogP contribution is -2.50. The molecule has 0 spiro atoms. The average molecular weight is 217 g/mol. The van der Waals surface area contributed by atoms with E-state index in [1.807, 2.05) is 0 Å². The van der Waals surface area contributed by atoms with Crippen LogP contribution in [-0.4, -0.2) is 51.0 Å². The van der Waals surface area contributed by atoms with Crippen LogP contribution in [0.25, 0.3) is 0 Å². The van der Waals surface area contributed by atoms with E-state index < -0.39 is 10.8 Å². The molecule has 0 radical (unpaired) electrons. The Labute approximate surface area is 87.9 Å². The van der Waals surface area contributed by atoms with Gasteiger partial charge in [-0.25, -0.2) is 0 Å². The van der Waals surface area contributed by atoms with Crippen LogP contribution in [0.2, 0.25) is 0 Å². The molecule has 0 aromatic rings. The second kappa shape index (κ2) is 4.73. The van der Waals surface area contributed by atoms with Crippen LogP contribution in [-0.2, 0) is 10.8 Å². The van der Waals surface area contributed by atoms with Crippen LogP contribution in [0.1, 0.15) is 25.7 Å². The fourth-order valence-corrected chi connectivity index (χ4v) is 3.58. The lowest BCUT2D eigenvalue weighted by atomic mass is 9.91. The zero-order chi connectivity index (χ0) is 9.97. The quantitative estimate of drug-likeness (QED) is 0.689. The van der Waals surface area contributed by atoms with Crippen molar-refractivity contribution in [3.8, 4) is 0 Å². The molecule has 1 aliphatic heterocycles. The Morgan fingerprint density at radius 1 is 1.14 bits per heavy atom. The first-order valence-corrected chi connectivity index (χ1v) is 7.03. The minimum atomic E-state index is -0.600. The van der Waals surface area contributed by atoms with Crippen LogP contribution in [0.15, 0.2) is 0 Å². The fraction of sp³-hybridized carbons (Fsp3) is 1.00. The molecule has 0 aromatic carbocycles. The number of nitrogens with zero attached hydrogens (tertiary/aromatic N) is 1. The number of aliphatic hydroxyl groups is 1. The largest absolute Gasteiger partial charge is 0.391 e. The molecular weight excluding hydrogens is 198 g/mol. The van der Waals surface area contributed by atoms with E-state index >= 15 is 0 Å². The van der Waals surface area contributed by atoms with Gasteiger partial charge >= 0.3 is 0 Å². The summed E-state index contributed by atoms with van der Waals surface area (Å²) in [7, 11) is -0.600. The molecule has 2 fully saturated rings. The summed E-state index contributed by atoms with van der Waals surface area (Å²) in [6.45, 7) is 1.82. The lowest BCUT2D eigenvalue weighted by molar-refractivity contribution is 0.0242. The van der Waals surface area contributed by atoms with Gasteiger partial charge in [-0.3, -0.25) is 9.11 Å². The van der Waals surface area contributed by atoms with Crippen molar-refractivity contribution in [2.24, 2.45) is 0 Å². The summed E-state index contributed by atoms with van der Waals surface area (Å²) in [6.07, 6.45) is 4.33. The van der Waals surface area contributed by atoms with E-state index in [2.05, 4.69) is 4.90 Å². The van der Waals surface area contributed by atoms with Gasteiger partial charge in [-0.05, 0) is 12.8 Å².